The molecule has 0 radical (unpaired) electrons. The van der Waals surface area contributed by atoms with E-state index in [9.17, 15) is 9.90 Å². The number of rotatable bonds is 4. The van der Waals surface area contributed by atoms with Gasteiger partial charge in [-0.05, 0) is 45.4 Å². The number of hydrogen-bond donors (Lipinski definition) is 2. The zero-order valence-electron chi connectivity index (χ0n) is 16.6. The van der Waals surface area contributed by atoms with Crippen molar-refractivity contribution < 1.29 is 14.6 Å². The molecule has 0 aromatic heterocycles. The Morgan fingerprint density at radius 2 is 1.60 bits per heavy atom. The number of likely N-dealkylation sites (tertiary alicyclic amines) is 2. The molecule has 2 rings (SSSR count). The lowest BCUT2D eigenvalue weighted by molar-refractivity contribution is -0.0110. The van der Waals surface area contributed by atoms with Gasteiger partial charge in [-0.25, -0.2) is 4.79 Å². The average Bonchev–Trinajstić information content (AvgIpc) is 2.50. The van der Waals surface area contributed by atoms with Gasteiger partial charge in [0.2, 0.25) is 0 Å². The van der Waals surface area contributed by atoms with Gasteiger partial charge in [0.05, 0.1) is 6.10 Å². The highest BCUT2D eigenvalue weighted by atomic mass is 16.6. The highest BCUT2D eigenvalue weighted by Crippen LogP contribution is 2.22. The molecule has 0 aliphatic carbocycles. The highest BCUT2D eigenvalue weighted by Gasteiger charge is 2.30. The number of alkyl carbamates (subject to hydrolysis) is 1. The first-order valence-electron chi connectivity index (χ1n) is 9.76. The zero-order valence-corrected chi connectivity index (χ0v) is 16.6. The lowest BCUT2D eigenvalue weighted by atomic mass is 9.88. The van der Waals surface area contributed by atoms with Gasteiger partial charge in [-0.3, -0.25) is 0 Å². The third kappa shape index (κ3) is 6.76. The molecule has 2 aliphatic rings. The molecule has 25 heavy (non-hydrogen) atoms. The number of piperidine rings is 2. The maximum Gasteiger partial charge on any atom is 0.407 e. The molecule has 6 heteroatoms. The predicted molar refractivity (Wildman–Crippen MR) is 99.6 cm³/mol. The molecule has 2 saturated heterocycles. The molecule has 6 nitrogen and oxygen atoms in total. The Hall–Kier alpha value is -0.850. The maximum absolute atomic E-state index is 11.9. The van der Waals surface area contributed by atoms with Gasteiger partial charge in [-0.15, -0.1) is 0 Å². The van der Waals surface area contributed by atoms with Crippen molar-refractivity contribution in [1.29, 1.82) is 0 Å². The van der Waals surface area contributed by atoms with Gasteiger partial charge in [0.15, 0.2) is 0 Å². The van der Waals surface area contributed by atoms with E-state index in [1.165, 1.54) is 0 Å². The average molecular weight is 356 g/mol. The quantitative estimate of drug-likeness (QED) is 0.807. The number of aliphatic hydroxyl groups excluding tert-OH is 1. The molecule has 2 N–H and O–H groups in total. The third-order valence-electron chi connectivity index (χ3n) is 5.30. The predicted octanol–water partition coefficient (Wildman–Crippen LogP) is 1.92. The summed E-state index contributed by atoms with van der Waals surface area (Å²) in [5, 5.41) is 13.1. The van der Waals surface area contributed by atoms with Gasteiger partial charge in [-0.2, -0.15) is 0 Å². The van der Waals surface area contributed by atoms with Crippen molar-refractivity contribution in [2.75, 3.05) is 39.3 Å². The molecular weight excluding hydrogens is 318 g/mol. The number of hydrogen-bond acceptors (Lipinski definition) is 5. The van der Waals surface area contributed by atoms with E-state index in [-0.39, 0.29) is 18.2 Å². The van der Waals surface area contributed by atoms with Crippen LogP contribution < -0.4 is 5.32 Å². The molecule has 1 amide bonds. The molecule has 0 aromatic carbocycles. The summed E-state index contributed by atoms with van der Waals surface area (Å²) in [6.07, 6.45) is 1.49. The van der Waals surface area contributed by atoms with Crippen LogP contribution in [0.1, 0.15) is 47.5 Å². The van der Waals surface area contributed by atoms with E-state index in [2.05, 4.69) is 29.0 Å². The lowest BCUT2D eigenvalue weighted by Gasteiger charge is -2.40. The fraction of sp³-hybridized carbons (Fsp3) is 0.947. The van der Waals surface area contributed by atoms with E-state index < -0.39 is 5.60 Å². The van der Waals surface area contributed by atoms with E-state index in [1.807, 2.05) is 20.8 Å². The van der Waals surface area contributed by atoms with Crippen LogP contribution in [0.15, 0.2) is 0 Å². The highest BCUT2D eigenvalue weighted by molar-refractivity contribution is 5.68. The van der Waals surface area contributed by atoms with Crippen molar-refractivity contribution in [1.82, 2.24) is 15.1 Å². The van der Waals surface area contributed by atoms with Gasteiger partial charge in [0, 0.05) is 45.3 Å². The van der Waals surface area contributed by atoms with Gasteiger partial charge in [0.1, 0.15) is 5.60 Å². The number of ether oxygens (including phenoxy) is 1. The smallest absolute Gasteiger partial charge is 0.407 e. The monoisotopic (exact) mass is 355 g/mol. The molecule has 2 heterocycles. The van der Waals surface area contributed by atoms with Crippen LogP contribution in [0.5, 0.6) is 0 Å². The summed E-state index contributed by atoms with van der Waals surface area (Å²) >= 11 is 0. The number of amides is 1. The van der Waals surface area contributed by atoms with E-state index in [1.54, 1.807) is 0 Å². The standard InChI is InChI=1S/C19H37N3O3/c1-14-12-22(13-15(2)17(14)23)11-10-21-8-6-16(7-9-21)20-18(24)25-19(3,4)5/h14-17,23H,6-13H2,1-5H3,(H,20,24)/t14-,15+,17-. The van der Waals surface area contributed by atoms with Gasteiger partial charge in [0.25, 0.3) is 0 Å². The first-order chi connectivity index (χ1) is 11.6. The van der Waals surface area contributed by atoms with Crippen molar-refractivity contribution >= 4 is 6.09 Å². The van der Waals surface area contributed by atoms with Crippen LogP contribution in [-0.4, -0.2) is 78.0 Å². The van der Waals surface area contributed by atoms with Crippen LogP contribution in [0, 0.1) is 11.8 Å². The molecule has 2 fully saturated rings. The van der Waals surface area contributed by atoms with Crippen LogP contribution in [-0.2, 0) is 4.74 Å². The summed E-state index contributed by atoms with van der Waals surface area (Å²) in [7, 11) is 0. The van der Waals surface area contributed by atoms with Crippen molar-refractivity contribution in [3.05, 3.63) is 0 Å². The topological polar surface area (TPSA) is 65.0 Å². The minimum absolute atomic E-state index is 0.161. The Balaban J connectivity index is 1.65. The SMILES string of the molecule is C[C@@H]1CN(CCN2CCC(NC(=O)OC(C)(C)C)CC2)C[C@H](C)[C@@H]1O. The van der Waals surface area contributed by atoms with Crippen LogP contribution in [0.4, 0.5) is 4.79 Å². The van der Waals surface area contributed by atoms with Crippen molar-refractivity contribution in [3.63, 3.8) is 0 Å². The molecule has 146 valence electrons. The summed E-state index contributed by atoms with van der Waals surface area (Å²) in [6, 6.07) is 0.219. The molecule has 0 aromatic rings. The van der Waals surface area contributed by atoms with E-state index in [0.29, 0.717) is 11.8 Å². The summed E-state index contributed by atoms with van der Waals surface area (Å²) in [4.78, 5) is 16.8. The molecular formula is C19H37N3O3. The molecule has 0 bridgehead atoms. The second-order valence-corrected chi connectivity index (χ2v) is 8.97. The number of nitrogens with one attached hydrogen (secondary N) is 1. The minimum Gasteiger partial charge on any atom is -0.444 e. The van der Waals surface area contributed by atoms with Gasteiger partial charge < -0.3 is 25.0 Å². The Morgan fingerprint density at radius 1 is 1.08 bits per heavy atom. The largest absolute Gasteiger partial charge is 0.444 e. The first-order valence-corrected chi connectivity index (χ1v) is 9.76. The van der Waals surface area contributed by atoms with Crippen LogP contribution in [0.3, 0.4) is 0 Å². The zero-order chi connectivity index (χ0) is 18.6. The van der Waals surface area contributed by atoms with Crippen molar-refractivity contribution in [3.8, 4) is 0 Å². The Labute approximate surface area is 152 Å². The third-order valence-corrected chi connectivity index (χ3v) is 5.30. The van der Waals surface area contributed by atoms with E-state index >= 15 is 0 Å². The Bertz CT molecular complexity index is 418. The molecule has 0 unspecified atom stereocenters. The van der Waals surface area contributed by atoms with Gasteiger partial charge in [-0.1, -0.05) is 13.8 Å². The van der Waals surface area contributed by atoms with Crippen LogP contribution in [0.2, 0.25) is 0 Å². The fourth-order valence-corrected chi connectivity index (χ4v) is 3.91. The van der Waals surface area contributed by atoms with Crippen molar-refractivity contribution in [2.45, 2.75) is 65.2 Å². The molecule has 0 saturated carbocycles. The number of aliphatic hydroxyl groups is 1. The van der Waals surface area contributed by atoms with Crippen molar-refractivity contribution in [2.24, 2.45) is 11.8 Å². The molecule has 2 aliphatic heterocycles. The number of carbonyl (C=O) groups excluding carboxylic acids is 1. The molecule has 0 spiro atoms. The summed E-state index contributed by atoms with van der Waals surface area (Å²) in [5.41, 5.74) is -0.443. The van der Waals surface area contributed by atoms with Crippen LogP contribution in [0.25, 0.3) is 0 Å². The van der Waals surface area contributed by atoms with Gasteiger partial charge >= 0.3 is 6.09 Å². The molecule has 3 atom stereocenters. The van der Waals surface area contributed by atoms with Crippen LogP contribution >= 0.6 is 0 Å². The Kier molecular flexibility index (Phi) is 7.11. The van der Waals surface area contributed by atoms with E-state index in [0.717, 1.165) is 52.1 Å². The normalized spacial score (nSPS) is 30.2. The second kappa shape index (κ2) is 8.69. The Morgan fingerprint density at radius 3 is 2.12 bits per heavy atom. The summed E-state index contributed by atoms with van der Waals surface area (Å²) < 4.78 is 5.33. The summed E-state index contributed by atoms with van der Waals surface area (Å²) in [5.74, 6) is 0.708. The maximum atomic E-state index is 11.9. The number of carbonyl (C=O) groups is 1. The lowest BCUT2D eigenvalue weighted by Crippen LogP contribution is -2.51. The number of nitrogens with zero attached hydrogens (tertiary/aromatic N) is 2. The first kappa shape index (κ1) is 20.5. The minimum atomic E-state index is -0.443. The second-order valence-electron chi connectivity index (χ2n) is 8.97. The fourth-order valence-electron chi connectivity index (χ4n) is 3.91. The van der Waals surface area contributed by atoms with E-state index in [4.69, 9.17) is 4.74 Å². The summed E-state index contributed by atoms with van der Waals surface area (Å²) in [6.45, 7) is 16.1.